The lowest BCUT2D eigenvalue weighted by Gasteiger charge is -2.30. The summed E-state index contributed by atoms with van der Waals surface area (Å²) in [5.74, 6) is 1.81. The lowest BCUT2D eigenvalue weighted by Crippen LogP contribution is -2.36. The van der Waals surface area contributed by atoms with E-state index in [1.807, 2.05) is 35.2 Å². The highest BCUT2D eigenvalue weighted by Gasteiger charge is 2.25. The fourth-order valence-electron chi connectivity index (χ4n) is 3.64. The first-order valence-corrected chi connectivity index (χ1v) is 10.5. The number of amides is 1. The molecule has 29 heavy (non-hydrogen) atoms. The molecule has 0 saturated carbocycles. The maximum absolute atomic E-state index is 12.6. The Balaban J connectivity index is 1.37. The molecule has 0 radical (unpaired) electrons. The summed E-state index contributed by atoms with van der Waals surface area (Å²) in [6.45, 7) is 1.52. The quantitative estimate of drug-likeness (QED) is 0.573. The van der Waals surface area contributed by atoms with Gasteiger partial charge in [-0.25, -0.2) is 4.98 Å². The Kier molecular flexibility index (Phi) is 5.81. The number of aromatic nitrogens is 1. The van der Waals surface area contributed by atoms with Gasteiger partial charge in [-0.1, -0.05) is 18.2 Å². The molecule has 0 bridgehead atoms. The van der Waals surface area contributed by atoms with E-state index in [0.29, 0.717) is 17.4 Å². The summed E-state index contributed by atoms with van der Waals surface area (Å²) < 4.78 is 11.8. The van der Waals surface area contributed by atoms with Crippen LogP contribution in [0.5, 0.6) is 11.5 Å². The Labute approximate surface area is 174 Å². The summed E-state index contributed by atoms with van der Waals surface area (Å²) in [5.41, 5.74) is 1.98. The molecule has 0 aliphatic carbocycles. The molecule has 4 rings (SSSR count). The van der Waals surface area contributed by atoms with Crippen LogP contribution in [0, 0.1) is 0 Å². The smallest absolute Gasteiger partial charge is 0.246 e. The number of carbonyl (C=O) groups is 1. The van der Waals surface area contributed by atoms with Gasteiger partial charge in [0.05, 0.1) is 29.4 Å². The van der Waals surface area contributed by atoms with E-state index >= 15 is 0 Å². The number of rotatable bonds is 5. The monoisotopic (exact) mass is 408 g/mol. The maximum Gasteiger partial charge on any atom is 0.246 e. The number of methoxy groups -OCH3 is 2. The summed E-state index contributed by atoms with van der Waals surface area (Å²) in [4.78, 5) is 19.3. The van der Waals surface area contributed by atoms with Gasteiger partial charge in [-0.3, -0.25) is 4.79 Å². The Hall–Kier alpha value is -2.86. The van der Waals surface area contributed by atoms with E-state index in [2.05, 4.69) is 18.2 Å². The molecule has 0 N–H and O–H groups in total. The van der Waals surface area contributed by atoms with Crippen LogP contribution in [-0.4, -0.2) is 43.1 Å². The molecule has 1 fully saturated rings. The van der Waals surface area contributed by atoms with Crippen LogP contribution in [0.4, 0.5) is 0 Å². The molecule has 0 unspecified atom stereocenters. The Morgan fingerprint density at radius 1 is 1.10 bits per heavy atom. The number of thiazole rings is 1. The Bertz CT molecular complexity index is 1000. The number of hydrogen-bond donors (Lipinski definition) is 0. The van der Waals surface area contributed by atoms with Crippen molar-refractivity contribution in [3.8, 4) is 11.5 Å². The summed E-state index contributed by atoms with van der Waals surface area (Å²) in [5, 5.41) is 1.19. The first-order chi connectivity index (χ1) is 14.2. The average molecular weight is 409 g/mol. The predicted octanol–water partition coefficient (Wildman–Crippen LogP) is 4.73. The average Bonchev–Trinajstić information content (AvgIpc) is 3.21. The first kappa shape index (κ1) is 19.5. The van der Waals surface area contributed by atoms with E-state index in [-0.39, 0.29) is 5.91 Å². The van der Waals surface area contributed by atoms with E-state index < -0.39 is 0 Å². The number of para-hydroxylation sites is 1. The molecule has 1 saturated heterocycles. The van der Waals surface area contributed by atoms with E-state index in [0.717, 1.165) is 37.0 Å². The second kappa shape index (κ2) is 8.66. The van der Waals surface area contributed by atoms with Gasteiger partial charge >= 0.3 is 0 Å². The van der Waals surface area contributed by atoms with Crippen LogP contribution in [0.3, 0.4) is 0 Å². The van der Waals surface area contributed by atoms with Crippen molar-refractivity contribution >= 4 is 33.5 Å². The number of nitrogens with zero attached hydrogens (tertiary/aromatic N) is 2. The number of fused-ring (bicyclic) bond motifs is 1. The minimum Gasteiger partial charge on any atom is -0.493 e. The number of hydrogen-bond acceptors (Lipinski definition) is 5. The zero-order valence-corrected chi connectivity index (χ0v) is 17.4. The van der Waals surface area contributed by atoms with Crippen molar-refractivity contribution < 1.29 is 14.3 Å². The van der Waals surface area contributed by atoms with Gasteiger partial charge in [-0.2, -0.15) is 0 Å². The van der Waals surface area contributed by atoms with Gasteiger partial charge in [-0.05, 0) is 48.7 Å². The fourth-order valence-corrected chi connectivity index (χ4v) is 4.78. The molecule has 3 aromatic rings. The summed E-state index contributed by atoms with van der Waals surface area (Å²) >= 11 is 1.78. The second-order valence-corrected chi connectivity index (χ2v) is 8.13. The van der Waals surface area contributed by atoms with E-state index in [4.69, 9.17) is 14.5 Å². The van der Waals surface area contributed by atoms with Crippen LogP contribution in [0.25, 0.3) is 16.3 Å². The number of carbonyl (C=O) groups excluding carboxylic acids is 1. The Morgan fingerprint density at radius 2 is 1.86 bits per heavy atom. The van der Waals surface area contributed by atoms with E-state index in [9.17, 15) is 4.79 Å². The van der Waals surface area contributed by atoms with Crippen LogP contribution in [0.1, 0.15) is 29.3 Å². The van der Waals surface area contributed by atoms with Crippen molar-refractivity contribution in [2.75, 3.05) is 27.3 Å². The summed E-state index contributed by atoms with van der Waals surface area (Å²) in [6, 6.07) is 13.9. The molecule has 0 atom stereocenters. The normalized spacial score (nSPS) is 15.2. The van der Waals surface area contributed by atoms with Crippen molar-refractivity contribution in [3.63, 3.8) is 0 Å². The van der Waals surface area contributed by atoms with Crippen LogP contribution in [0.2, 0.25) is 0 Å². The SMILES string of the molecule is COc1ccc(/C=C/C(=O)N2CCC(c3nc4ccccc4s3)CC2)cc1OC. The molecule has 6 heteroatoms. The van der Waals surface area contributed by atoms with Gasteiger partial charge < -0.3 is 14.4 Å². The molecule has 1 amide bonds. The molecule has 2 aromatic carbocycles. The lowest BCUT2D eigenvalue weighted by molar-refractivity contribution is -0.126. The van der Waals surface area contributed by atoms with Crippen molar-refractivity contribution in [1.82, 2.24) is 9.88 Å². The number of piperidine rings is 1. The molecule has 150 valence electrons. The molecular weight excluding hydrogens is 384 g/mol. The highest BCUT2D eigenvalue weighted by Crippen LogP contribution is 2.34. The lowest BCUT2D eigenvalue weighted by atomic mass is 9.97. The largest absolute Gasteiger partial charge is 0.493 e. The molecule has 0 spiro atoms. The second-order valence-electron chi connectivity index (χ2n) is 7.07. The third kappa shape index (κ3) is 4.27. The minimum atomic E-state index is 0.0440. The number of benzene rings is 2. The number of likely N-dealkylation sites (tertiary alicyclic amines) is 1. The zero-order chi connectivity index (χ0) is 20.2. The van der Waals surface area contributed by atoms with Gasteiger partial charge in [0.2, 0.25) is 5.91 Å². The van der Waals surface area contributed by atoms with Gasteiger partial charge in [-0.15, -0.1) is 11.3 Å². The van der Waals surface area contributed by atoms with Gasteiger partial charge in [0, 0.05) is 25.1 Å². The van der Waals surface area contributed by atoms with Crippen molar-refractivity contribution in [2.45, 2.75) is 18.8 Å². The molecular formula is C23H24N2O3S. The third-order valence-corrected chi connectivity index (χ3v) is 6.49. The van der Waals surface area contributed by atoms with Crippen LogP contribution < -0.4 is 9.47 Å². The van der Waals surface area contributed by atoms with E-state index in [1.54, 1.807) is 31.6 Å². The molecule has 1 aliphatic heterocycles. The molecule has 1 aromatic heterocycles. The van der Waals surface area contributed by atoms with Gasteiger partial charge in [0.25, 0.3) is 0 Å². The summed E-state index contributed by atoms with van der Waals surface area (Å²) in [7, 11) is 3.21. The van der Waals surface area contributed by atoms with E-state index in [1.165, 1.54) is 9.71 Å². The first-order valence-electron chi connectivity index (χ1n) is 9.72. The predicted molar refractivity (Wildman–Crippen MR) is 117 cm³/mol. The standard InChI is InChI=1S/C23H24N2O3S/c1-27-19-9-7-16(15-20(19)28-2)8-10-22(26)25-13-11-17(12-14-25)23-24-18-5-3-4-6-21(18)29-23/h3-10,15,17H,11-14H2,1-2H3/b10-8+. The minimum absolute atomic E-state index is 0.0440. The summed E-state index contributed by atoms with van der Waals surface area (Å²) in [6.07, 6.45) is 5.37. The molecule has 1 aliphatic rings. The fraction of sp³-hybridized carbons (Fsp3) is 0.304. The van der Waals surface area contributed by atoms with Crippen molar-refractivity contribution in [3.05, 3.63) is 59.1 Å². The highest BCUT2D eigenvalue weighted by molar-refractivity contribution is 7.18. The van der Waals surface area contributed by atoms with Crippen LogP contribution in [-0.2, 0) is 4.79 Å². The topological polar surface area (TPSA) is 51.7 Å². The number of ether oxygens (including phenoxy) is 2. The zero-order valence-electron chi connectivity index (χ0n) is 16.6. The highest BCUT2D eigenvalue weighted by atomic mass is 32.1. The van der Waals surface area contributed by atoms with Crippen LogP contribution >= 0.6 is 11.3 Å². The van der Waals surface area contributed by atoms with Gasteiger partial charge in [0.15, 0.2) is 11.5 Å². The third-order valence-electron chi connectivity index (χ3n) is 5.29. The van der Waals surface area contributed by atoms with Crippen molar-refractivity contribution in [1.29, 1.82) is 0 Å². The van der Waals surface area contributed by atoms with Gasteiger partial charge in [0.1, 0.15) is 0 Å². The molecule has 2 heterocycles. The maximum atomic E-state index is 12.6. The van der Waals surface area contributed by atoms with Crippen molar-refractivity contribution in [2.24, 2.45) is 0 Å². The molecule has 5 nitrogen and oxygen atoms in total. The Morgan fingerprint density at radius 3 is 2.59 bits per heavy atom. The van der Waals surface area contributed by atoms with Crippen LogP contribution in [0.15, 0.2) is 48.5 Å².